The number of halogens is 1. The zero-order valence-electron chi connectivity index (χ0n) is 9.88. The molecule has 0 atom stereocenters. The lowest BCUT2D eigenvalue weighted by molar-refractivity contribution is 1.11. The van der Waals surface area contributed by atoms with Crippen molar-refractivity contribution in [3.63, 3.8) is 0 Å². The van der Waals surface area contributed by atoms with Gasteiger partial charge in [-0.1, -0.05) is 29.8 Å². The van der Waals surface area contributed by atoms with E-state index in [0.29, 0.717) is 11.5 Å². The molecule has 3 heteroatoms. The van der Waals surface area contributed by atoms with E-state index in [2.05, 4.69) is 4.98 Å². The van der Waals surface area contributed by atoms with Crippen LogP contribution in [0.15, 0.2) is 40.2 Å². The second-order valence-corrected chi connectivity index (χ2v) is 4.69. The van der Waals surface area contributed by atoms with Crippen LogP contribution in [-0.4, -0.2) is 4.98 Å². The molecular formula is C14H14ClNO. The van der Waals surface area contributed by atoms with Gasteiger partial charge in [-0.25, -0.2) is 0 Å². The minimum Gasteiger partial charge on any atom is -0.358 e. The number of rotatable bonds is 2. The highest BCUT2D eigenvalue weighted by atomic mass is 35.5. The van der Waals surface area contributed by atoms with Crippen LogP contribution in [0.4, 0.5) is 0 Å². The van der Waals surface area contributed by atoms with Gasteiger partial charge in [-0.05, 0) is 32.4 Å². The number of aromatic amines is 1. The Morgan fingerprint density at radius 2 is 2.12 bits per heavy atom. The van der Waals surface area contributed by atoms with Gasteiger partial charge < -0.3 is 4.98 Å². The van der Waals surface area contributed by atoms with Gasteiger partial charge in [-0.3, -0.25) is 4.79 Å². The SMILES string of the molecule is C/C(Cl)=C/Cc1c(C)[nH]c2ccccc2c1=O. The lowest BCUT2D eigenvalue weighted by Crippen LogP contribution is -2.12. The van der Waals surface area contributed by atoms with Crippen LogP contribution in [0.1, 0.15) is 18.2 Å². The van der Waals surface area contributed by atoms with Gasteiger partial charge in [0.2, 0.25) is 0 Å². The zero-order valence-corrected chi connectivity index (χ0v) is 10.6. The fourth-order valence-corrected chi connectivity index (χ4v) is 1.97. The summed E-state index contributed by atoms with van der Waals surface area (Å²) in [7, 11) is 0. The fraction of sp³-hybridized carbons (Fsp3) is 0.214. The first-order chi connectivity index (χ1) is 8.09. The van der Waals surface area contributed by atoms with E-state index in [1.807, 2.05) is 44.2 Å². The van der Waals surface area contributed by atoms with E-state index < -0.39 is 0 Å². The average Bonchev–Trinajstić information content (AvgIpc) is 2.28. The summed E-state index contributed by atoms with van der Waals surface area (Å²) in [6.07, 6.45) is 2.43. The molecule has 0 amide bonds. The lowest BCUT2D eigenvalue weighted by atomic mass is 10.1. The molecule has 2 aromatic rings. The standard InChI is InChI=1S/C14H14ClNO/c1-9(15)7-8-11-10(2)16-13-6-4-3-5-12(13)14(11)17/h3-7H,8H2,1-2H3,(H,16,17)/b9-7-. The van der Waals surface area contributed by atoms with Gasteiger partial charge in [0.05, 0.1) is 0 Å². The molecule has 0 fully saturated rings. The van der Waals surface area contributed by atoms with E-state index in [9.17, 15) is 4.79 Å². The summed E-state index contributed by atoms with van der Waals surface area (Å²) in [4.78, 5) is 15.5. The maximum atomic E-state index is 12.3. The van der Waals surface area contributed by atoms with Gasteiger partial charge in [-0.15, -0.1) is 0 Å². The van der Waals surface area contributed by atoms with E-state index in [4.69, 9.17) is 11.6 Å². The first-order valence-electron chi connectivity index (χ1n) is 5.52. The van der Waals surface area contributed by atoms with E-state index in [1.165, 1.54) is 0 Å². The molecule has 0 spiro atoms. The molecule has 0 aliphatic carbocycles. The molecule has 88 valence electrons. The Morgan fingerprint density at radius 1 is 1.41 bits per heavy atom. The highest BCUT2D eigenvalue weighted by molar-refractivity contribution is 6.29. The summed E-state index contributed by atoms with van der Waals surface area (Å²) < 4.78 is 0. The number of aryl methyl sites for hydroxylation is 1. The number of hydrogen-bond donors (Lipinski definition) is 1. The first-order valence-corrected chi connectivity index (χ1v) is 5.90. The van der Waals surface area contributed by atoms with Crippen molar-refractivity contribution in [1.82, 2.24) is 4.98 Å². The number of nitrogens with one attached hydrogen (secondary N) is 1. The minimum atomic E-state index is 0.0889. The monoisotopic (exact) mass is 247 g/mol. The molecular weight excluding hydrogens is 234 g/mol. The molecule has 0 saturated carbocycles. The summed E-state index contributed by atoms with van der Waals surface area (Å²) >= 11 is 5.80. The van der Waals surface area contributed by atoms with Crippen molar-refractivity contribution in [2.45, 2.75) is 20.3 Å². The lowest BCUT2D eigenvalue weighted by Gasteiger charge is -2.06. The highest BCUT2D eigenvalue weighted by Crippen LogP contribution is 2.12. The van der Waals surface area contributed by atoms with Crippen molar-refractivity contribution < 1.29 is 0 Å². The van der Waals surface area contributed by atoms with Crippen molar-refractivity contribution in [1.29, 1.82) is 0 Å². The van der Waals surface area contributed by atoms with Crippen molar-refractivity contribution in [2.24, 2.45) is 0 Å². The van der Waals surface area contributed by atoms with Crippen LogP contribution in [0, 0.1) is 6.92 Å². The highest BCUT2D eigenvalue weighted by Gasteiger charge is 2.07. The number of fused-ring (bicyclic) bond motifs is 1. The number of pyridine rings is 1. The molecule has 1 aromatic heterocycles. The first kappa shape index (κ1) is 11.9. The Labute approximate surface area is 105 Å². The second kappa shape index (κ2) is 4.76. The maximum absolute atomic E-state index is 12.3. The predicted octanol–water partition coefficient (Wildman–Crippen LogP) is 3.52. The quantitative estimate of drug-likeness (QED) is 0.865. The van der Waals surface area contributed by atoms with E-state index in [0.717, 1.165) is 22.2 Å². The Balaban J connectivity index is 2.64. The molecule has 0 unspecified atom stereocenters. The number of hydrogen-bond acceptors (Lipinski definition) is 1. The summed E-state index contributed by atoms with van der Waals surface area (Å²) in [5.74, 6) is 0. The third-order valence-electron chi connectivity index (χ3n) is 2.81. The number of H-pyrrole nitrogens is 1. The average molecular weight is 248 g/mol. The topological polar surface area (TPSA) is 32.9 Å². The summed E-state index contributed by atoms with van der Waals surface area (Å²) in [5.41, 5.74) is 2.66. The van der Waals surface area contributed by atoms with Crippen LogP contribution in [-0.2, 0) is 6.42 Å². The molecule has 0 aliphatic rings. The van der Waals surface area contributed by atoms with Gasteiger partial charge in [0.25, 0.3) is 0 Å². The maximum Gasteiger partial charge on any atom is 0.193 e. The Kier molecular flexibility index (Phi) is 3.34. The van der Waals surface area contributed by atoms with Crippen LogP contribution >= 0.6 is 11.6 Å². The molecule has 1 aromatic carbocycles. The van der Waals surface area contributed by atoms with Crippen LogP contribution in [0.5, 0.6) is 0 Å². The third kappa shape index (κ3) is 2.42. The van der Waals surface area contributed by atoms with Crippen LogP contribution in [0.25, 0.3) is 10.9 Å². The largest absolute Gasteiger partial charge is 0.358 e. The summed E-state index contributed by atoms with van der Waals surface area (Å²) in [6, 6.07) is 7.55. The number of para-hydroxylation sites is 1. The van der Waals surface area contributed by atoms with Crippen molar-refractivity contribution >= 4 is 22.5 Å². The molecule has 0 radical (unpaired) electrons. The van der Waals surface area contributed by atoms with Crippen LogP contribution in [0.3, 0.4) is 0 Å². The third-order valence-corrected chi connectivity index (χ3v) is 2.96. The smallest absolute Gasteiger partial charge is 0.193 e. The molecule has 2 nitrogen and oxygen atoms in total. The molecule has 17 heavy (non-hydrogen) atoms. The molecule has 0 aliphatic heterocycles. The zero-order chi connectivity index (χ0) is 12.4. The molecule has 0 saturated heterocycles. The Hall–Kier alpha value is -1.54. The Bertz CT molecular complexity index is 636. The minimum absolute atomic E-state index is 0.0889. The molecule has 1 N–H and O–H groups in total. The van der Waals surface area contributed by atoms with Crippen LogP contribution < -0.4 is 5.43 Å². The van der Waals surface area contributed by atoms with E-state index in [-0.39, 0.29) is 5.43 Å². The van der Waals surface area contributed by atoms with Gasteiger partial charge in [0.1, 0.15) is 0 Å². The number of aromatic nitrogens is 1. The van der Waals surface area contributed by atoms with Gasteiger partial charge >= 0.3 is 0 Å². The number of benzene rings is 1. The van der Waals surface area contributed by atoms with Gasteiger partial charge in [0.15, 0.2) is 5.43 Å². The fourth-order valence-electron chi connectivity index (χ4n) is 1.89. The molecule has 0 bridgehead atoms. The molecule has 1 heterocycles. The normalized spacial score (nSPS) is 12.1. The van der Waals surface area contributed by atoms with Crippen molar-refractivity contribution in [3.8, 4) is 0 Å². The predicted molar refractivity (Wildman–Crippen MR) is 72.6 cm³/mol. The van der Waals surface area contributed by atoms with Crippen molar-refractivity contribution in [2.75, 3.05) is 0 Å². The van der Waals surface area contributed by atoms with E-state index >= 15 is 0 Å². The Morgan fingerprint density at radius 3 is 2.82 bits per heavy atom. The number of allylic oxidation sites excluding steroid dienone is 2. The summed E-state index contributed by atoms with van der Waals surface area (Å²) in [6.45, 7) is 3.73. The molecule has 2 rings (SSSR count). The van der Waals surface area contributed by atoms with Crippen molar-refractivity contribution in [3.05, 3.63) is 56.9 Å². The van der Waals surface area contributed by atoms with E-state index in [1.54, 1.807) is 0 Å². The van der Waals surface area contributed by atoms with Crippen LogP contribution in [0.2, 0.25) is 0 Å². The van der Waals surface area contributed by atoms with Gasteiger partial charge in [-0.2, -0.15) is 0 Å². The second-order valence-electron chi connectivity index (χ2n) is 4.10. The van der Waals surface area contributed by atoms with Gasteiger partial charge in [0, 0.05) is 27.2 Å². The summed E-state index contributed by atoms with van der Waals surface area (Å²) in [5, 5.41) is 1.44.